The molecule has 0 aliphatic carbocycles. The van der Waals surface area contributed by atoms with Gasteiger partial charge in [-0.3, -0.25) is 9.59 Å². The molecule has 1 atom stereocenters. The third kappa shape index (κ3) is 2.56. The zero-order valence-corrected chi connectivity index (χ0v) is 13.4. The maximum absolute atomic E-state index is 12.7. The number of furan rings is 1. The number of ether oxygens (including phenoxy) is 1. The fourth-order valence-corrected chi connectivity index (χ4v) is 2.83. The van der Waals surface area contributed by atoms with E-state index in [1.165, 1.54) is 17.2 Å². The largest absolute Gasteiger partial charge is 0.503 e. The average molecular weight is 327 g/mol. The average Bonchev–Trinajstić information content (AvgIpc) is 3.18. The smallest absolute Gasteiger partial charge is 0.289 e. The van der Waals surface area contributed by atoms with Gasteiger partial charge in [0.15, 0.2) is 11.5 Å². The highest BCUT2D eigenvalue weighted by Gasteiger charge is 2.42. The lowest BCUT2D eigenvalue weighted by molar-refractivity contribution is -0.128. The van der Waals surface area contributed by atoms with Crippen LogP contribution in [0.2, 0.25) is 0 Å². The fraction of sp³-hybridized carbons (Fsp3) is 0.222. The summed E-state index contributed by atoms with van der Waals surface area (Å²) in [6.07, 6.45) is 1.37. The van der Waals surface area contributed by atoms with Gasteiger partial charge in [-0.25, -0.2) is 0 Å². The molecule has 0 saturated carbocycles. The number of rotatable bonds is 5. The molecule has 1 aliphatic rings. The van der Waals surface area contributed by atoms with Crippen molar-refractivity contribution in [1.82, 2.24) is 4.90 Å². The maximum Gasteiger partial charge on any atom is 0.289 e. The van der Waals surface area contributed by atoms with E-state index in [1.807, 2.05) is 6.92 Å². The molecule has 1 unspecified atom stereocenters. The van der Waals surface area contributed by atoms with Gasteiger partial charge in [-0.15, -0.1) is 0 Å². The Bertz CT molecular complexity index is 807. The lowest BCUT2D eigenvalue weighted by atomic mass is 9.95. The topological polar surface area (TPSA) is 80.0 Å². The highest BCUT2D eigenvalue weighted by atomic mass is 16.5. The van der Waals surface area contributed by atoms with Crippen molar-refractivity contribution in [2.45, 2.75) is 13.0 Å². The molecule has 124 valence electrons. The summed E-state index contributed by atoms with van der Waals surface area (Å²) in [5.74, 6) is -0.956. The van der Waals surface area contributed by atoms with Crippen molar-refractivity contribution in [2.75, 3.05) is 13.7 Å². The van der Waals surface area contributed by atoms with Gasteiger partial charge in [0.1, 0.15) is 5.75 Å². The molecule has 1 aliphatic heterocycles. The Balaban J connectivity index is 2.06. The summed E-state index contributed by atoms with van der Waals surface area (Å²) in [6, 6.07) is 9.49. The van der Waals surface area contributed by atoms with E-state index >= 15 is 0 Å². The van der Waals surface area contributed by atoms with Gasteiger partial charge in [0.2, 0.25) is 5.78 Å². The predicted molar refractivity (Wildman–Crippen MR) is 85.8 cm³/mol. The van der Waals surface area contributed by atoms with Crippen molar-refractivity contribution in [2.24, 2.45) is 0 Å². The molecule has 0 saturated heterocycles. The first-order valence-corrected chi connectivity index (χ1v) is 7.55. The minimum Gasteiger partial charge on any atom is -0.503 e. The number of aliphatic hydroxyl groups excluding tert-OH is 1. The number of likely N-dealkylation sites (N-methyl/N-ethyl adjacent to an activating group) is 1. The number of Topliss-reactive ketones (excluding diaryl/α,β-unsaturated/α-hetero) is 1. The highest BCUT2D eigenvalue weighted by Crippen LogP contribution is 2.38. The molecule has 1 aromatic heterocycles. The number of hydrogen-bond acceptors (Lipinski definition) is 5. The summed E-state index contributed by atoms with van der Waals surface area (Å²) in [7, 11) is 1.54. The van der Waals surface area contributed by atoms with Crippen molar-refractivity contribution in [3.05, 3.63) is 65.3 Å². The van der Waals surface area contributed by atoms with Gasteiger partial charge in [-0.2, -0.15) is 0 Å². The summed E-state index contributed by atoms with van der Waals surface area (Å²) in [5.41, 5.74) is 0.682. The lowest BCUT2D eigenvalue weighted by Crippen LogP contribution is -2.26. The third-order valence-electron chi connectivity index (χ3n) is 3.91. The zero-order valence-electron chi connectivity index (χ0n) is 13.4. The van der Waals surface area contributed by atoms with Crippen LogP contribution < -0.4 is 4.74 Å². The summed E-state index contributed by atoms with van der Waals surface area (Å²) in [5, 5.41) is 10.2. The number of hydrogen-bond donors (Lipinski definition) is 1. The van der Waals surface area contributed by atoms with Gasteiger partial charge < -0.3 is 19.2 Å². The number of benzene rings is 1. The highest BCUT2D eigenvalue weighted by molar-refractivity contribution is 6.14. The minimum absolute atomic E-state index is 0.00565. The van der Waals surface area contributed by atoms with Crippen LogP contribution in [0.3, 0.4) is 0 Å². The van der Waals surface area contributed by atoms with Crippen LogP contribution in [-0.4, -0.2) is 35.4 Å². The number of aliphatic hydroxyl groups is 1. The first kappa shape index (κ1) is 15.9. The molecule has 0 bridgehead atoms. The number of amides is 1. The standard InChI is InChI=1S/C18H17NO5/c1-3-23-12-7-4-6-11(10-12)15-14(17(21)18(22)19(15)2)16(20)13-8-5-9-24-13/h4-10,15,21H,3H2,1-2H3. The van der Waals surface area contributed by atoms with Gasteiger partial charge in [-0.1, -0.05) is 12.1 Å². The molecule has 0 radical (unpaired) electrons. The van der Waals surface area contributed by atoms with Crippen LogP contribution in [0, 0.1) is 0 Å². The van der Waals surface area contributed by atoms with Gasteiger partial charge in [0, 0.05) is 7.05 Å². The Labute approximate surface area is 138 Å². The lowest BCUT2D eigenvalue weighted by Gasteiger charge is -2.22. The van der Waals surface area contributed by atoms with Crippen LogP contribution in [0.15, 0.2) is 58.4 Å². The normalized spacial score (nSPS) is 17.5. The van der Waals surface area contributed by atoms with Crippen molar-refractivity contribution < 1.29 is 23.8 Å². The second-order valence-corrected chi connectivity index (χ2v) is 5.39. The predicted octanol–water partition coefficient (Wildman–Crippen LogP) is 2.89. The summed E-state index contributed by atoms with van der Waals surface area (Å²) in [6.45, 7) is 2.37. The van der Waals surface area contributed by atoms with Gasteiger partial charge in [0.05, 0.1) is 24.5 Å². The molecular formula is C18H17NO5. The molecule has 1 aromatic carbocycles. The van der Waals surface area contributed by atoms with E-state index in [1.54, 1.807) is 37.4 Å². The molecule has 1 amide bonds. The monoisotopic (exact) mass is 327 g/mol. The molecule has 0 spiro atoms. The van der Waals surface area contributed by atoms with Crippen molar-refractivity contribution in [1.29, 1.82) is 0 Å². The first-order chi connectivity index (χ1) is 11.5. The zero-order chi connectivity index (χ0) is 17.3. The van der Waals surface area contributed by atoms with Crippen molar-refractivity contribution in [3.8, 4) is 5.75 Å². The summed E-state index contributed by atoms with van der Waals surface area (Å²) < 4.78 is 10.6. The van der Waals surface area contributed by atoms with Crippen molar-refractivity contribution in [3.63, 3.8) is 0 Å². The Morgan fingerprint density at radius 2 is 2.12 bits per heavy atom. The van der Waals surface area contributed by atoms with Crippen LogP contribution in [0.4, 0.5) is 0 Å². The van der Waals surface area contributed by atoms with E-state index in [0.29, 0.717) is 17.9 Å². The molecule has 2 aromatic rings. The van der Waals surface area contributed by atoms with E-state index in [0.717, 1.165) is 0 Å². The second kappa shape index (κ2) is 6.23. The maximum atomic E-state index is 12.7. The SMILES string of the molecule is CCOc1cccc(C2C(C(=O)c3ccco3)=C(O)C(=O)N2C)c1. The molecule has 2 heterocycles. The molecule has 1 N–H and O–H groups in total. The van der Waals surface area contributed by atoms with Gasteiger partial charge in [0.25, 0.3) is 5.91 Å². The third-order valence-corrected chi connectivity index (χ3v) is 3.91. The Morgan fingerprint density at radius 1 is 1.33 bits per heavy atom. The quantitative estimate of drug-likeness (QED) is 0.854. The first-order valence-electron chi connectivity index (χ1n) is 7.55. The molecule has 0 fully saturated rings. The van der Waals surface area contributed by atoms with Crippen LogP contribution >= 0.6 is 0 Å². The summed E-state index contributed by atoms with van der Waals surface area (Å²) >= 11 is 0. The van der Waals surface area contributed by atoms with Gasteiger partial charge in [-0.05, 0) is 36.8 Å². The van der Waals surface area contributed by atoms with Gasteiger partial charge >= 0.3 is 0 Å². The van der Waals surface area contributed by atoms with E-state index in [9.17, 15) is 14.7 Å². The minimum atomic E-state index is -0.699. The molecule has 6 heteroatoms. The number of nitrogens with zero attached hydrogens (tertiary/aromatic N) is 1. The van der Waals surface area contributed by atoms with E-state index in [2.05, 4.69) is 0 Å². The number of carbonyl (C=O) groups excluding carboxylic acids is 2. The Kier molecular flexibility index (Phi) is 4.12. The Morgan fingerprint density at radius 3 is 2.79 bits per heavy atom. The number of carbonyl (C=O) groups is 2. The van der Waals surface area contributed by atoms with E-state index < -0.39 is 23.5 Å². The summed E-state index contributed by atoms with van der Waals surface area (Å²) in [4.78, 5) is 26.2. The van der Waals surface area contributed by atoms with Crippen LogP contribution in [-0.2, 0) is 4.79 Å². The van der Waals surface area contributed by atoms with Crippen LogP contribution in [0.5, 0.6) is 5.75 Å². The van der Waals surface area contributed by atoms with E-state index in [4.69, 9.17) is 9.15 Å². The van der Waals surface area contributed by atoms with Crippen LogP contribution in [0.25, 0.3) is 0 Å². The van der Waals surface area contributed by atoms with Crippen molar-refractivity contribution >= 4 is 11.7 Å². The van der Waals surface area contributed by atoms with Crippen LogP contribution in [0.1, 0.15) is 29.1 Å². The second-order valence-electron chi connectivity index (χ2n) is 5.39. The molecule has 6 nitrogen and oxygen atoms in total. The Hall–Kier alpha value is -3.02. The molecular weight excluding hydrogens is 310 g/mol. The number of ketones is 1. The van der Waals surface area contributed by atoms with E-state index in [-0.39, 0.29) is 11.3 Å². The fourth-order valence-electron chi connectivity index (χ4n) is 2.83. The molecule has 3 rings (SSSR count). The molecule has 24 heavy (non-hydrogen) atoms.